The number of benzene rings is 2. The molecule has 0 heterocycles. The number of carbonyl (C=O) groups excluding carboxylic acids is 1. The van der Waals surface area contributed by atoms with Crippen LogP contribution in [-0.4, -0.2) is 17.1 Å². The molecule has 0 aromatic heterocycles. The summed E-state index contributed by atoms with van der Waals surface area (Å²) in [5.41, 5.74) is 6.93. The maximum Gasteiger partial charge on any atom is 0.335 e. The van der Waals surface area contributed by atoms with Crippen LogP contribution < -0.4 is 10.6 Å². The van der Waals surface area contributed by atoms with Crippen LogP contribution in [0, 0.1) is 0 Å². The lowest BCUT2D eigenvalue weighted by atomic mass is 10.1. The summed E-state index contributed by atoms with van der Waals surface area (Å²) < 4.78 is 0. The molecule has 0 saturated carbocycles. The van der Waals surface area contributed by atoms with Crippen LogP contribution in [-0.2, 0) is 6.54 Å². The molecule has 0 spiro atoms. The molecule has 5 nitrogen and oxygen atoms in total. The highest BCUT2D eigenvalue weighted by Crippen LogP contribution is 2.17. The van der Waals surface area contributed by atoms with Crippen molar-refractivity contribution in [2.45, 2.75) is 6.54 Å². The average molecular weight is 270 g/mol. The molecule has 0 unspecified atom stereocenters. The van der Waals surface area contributed by atoms with Crippen LogP contribution in [0.5, 0.6) is 0 Å². The molecule has 0 aliphatic rings. The molecule has 0 aliphatic carbocycles. The number of hydrogen-bond donors (Lipinski definition) is 2. The highest BCUT2D eigenvalue weighted by atomic mass is 16.4. The molecule has 2 aromatic carbocycles. The Morgan fingerprint density at radius 1 is 1.05 bits per heavy atom. The first kappa shape index (κ1) is 13.6. The van der Waals surface area contributed by atoms with Gasteiger partial charge in [-0.15, -0.1) is 0 Å². The molecule has 0 atom stereocenters. The number of carbonyl (C=O) groups is 2. The van der Waals surface area contributed by atoms with E-state index in [1.807, 2.05) is 6.07 Å². The van der Waals surface area contributed by atoms with Crippen molar-refractivity contribution in [3.8, 4) is 0 Å². The quantitative estimate of drug-likeness (QED) is 0.895. The molecule has 0 aliphatic heterocycles. The first-order chi connectivity index (χ1) is 9.58. The Balaban J connectivity index is 2.27. The summed E-state index contributed by atoms with van der Waals surface area (Å²) >= 11 is 0. The summed E-state index contributed by atoms with van der Waals surface area (Å²) in [7, 11) is 0. The number of para-hydroxylation sites is 1. The third kappa shape index (κ3) is 3.14. The Hall–Kier alpha value is -2.82. The number of aromatic carboxylic acids is 1. The Kier molecular flexibility index (Phi) is 4.00. The molecule has 102 valence electrons. The van der Waals surface area contributed by atoms with E-state index in [1.165, 1.54) is 17.0 Å². The van der Waals surface area contributed by atoms with Gasteiger partial charge in [-0.3, -0.25) is 4.90 Å². The zero-order valence-electron chi connectivity index (χ0n) is 10.7. The van der Waals surface area contributed by atoms with E-state index in [-0.39, 0.29) is 12.1 Å². The first-order valence-electron chi connectivity index (χ1n) is 6.02. The molecule has 5 heteroatoms. The van der Waals surface area contributed by atoms with E-state index in [4.69, 9.17) is 10.8 Å². The SMILES string of the molecule is NC(=O)N(Cc1cccc(C(=O)O)c1)c1ccccc1. The molecule has 0 radical (unpaired) electrons. The fourth-order valence-corrected chi connectivity index (χ4v) is 1.89. The summed E-state index contributed by atoms with van der Waals surface area (Å²) in [6, 6.07) is 14.8. The lowest BCUT2D eigenvalue weighted by molar-refractivity contribution is 0.0696. The van der Waals surface area contributed by atoms with Gasteiger partial charge in [-0.2, -0.15) is 0 Å². The van der Waals surface area contributed by atoms with E-state index in [0.717, 1.165) is 0 Å². The monoisotopic (exact) mass is 270 g/mol. The molecule has 2 aromatic rings. The van der Waals surface area contributed by atoms with Gasteiger partial charge in [0.2, 0.25) is 0 Å². The van der Waals surface area contributed by atoms with E-state index in [0.29, 0.717) is 11.3 Å². The largest absolute Gasteiger partial charge is 0.478 e. The summed E-state index contributed by atoms with van der Waals surface area (Å²) in [6.45, 7) is 0.223. The topological polar surface area (TPSA) is 83.6 Å². The van der Waals surface area contributed by atoms with Gasteiger partial charge in [-0.25, -0.2) is 9.59 Å². The first-order valence-corrected chi connectivity index (χ1v) is 6.02. The molecule has 0 bridgehead atoms. The number of primary amides is 1. The summed E-state index contributed by atoms with van der Waals surface area (Å²) in [4.78, 5) is 23.9. The smallest absolute Gasteiger partial charge is 0.335 e. The van der Waals surface area contributed by atoms with E-state index in [1.54, 1.807) is 36.4 Å². The van der Waals surface area contributed by atoms with Crippen molar-refractivity contribution in [3.05, 3.63) is 65.7 Å². The number of carboxylic acid groups (broad SMARTS) is 1. The molecule has 0 fully saturated rings. The fourth-order valence-electron chi connectivity index (χ4n) is 1.89. The minimum absolute atomic E-state index is 0.181. The average Bonchev–Trinajstić information content (AvgIpc) is 2.45. The van der Waals surface area contributed by atoms with Crippen LogP contribution in [0.3, 0.4) is 0 Å². The number of carboxylic acids is 1. The number of nitrogens with two attached hydrogens (primary N) is 1. The fraction of sp³-hybridized carbons (Fsp3) is 0.0667. The minimum atomic E-state index is -1.00. The summed E-state index contributed by atoms with van der Waals surface area (Å²) in [5.74, 6) is -1.00. The van der Waals surface area contributed by atoms with E-state index < -0.39 is 12.0 Å². The van der Waals surface area contributed by atoms with Gasteiger partial charge in [0.15, 0.2) is 0 Å². The third-order valence-electron chi connectivity index (χ3n) is 2.85. The predicted molar refractivity (Wildman–Crippen MR) is 75.6 cm³/mol. The lowest BCUT2D eigenvalue weighted by Gasteiger charge is -2.20. The van der Waals surface area contributed by atoms with Crippen molar-refractivity contribution in [2.24, 2.45) is 5.73 Å². The van der Waals surface area contributed by atoms with Crippen molar-refractivity contribution in [2.75, 3.05) is 4.90 Å². The maximum atomic E-state index is 11.6. The number of hydrogen-bond acceptors (Lipinski definition) is 2. The Bertz CT molecular complexity index is 626. The van der Waals surface area contributed by atoms with Crippen LogP contribution in [0.4, 0.5) is 10.5 Å². The van der Waals surface area contributed by atoms with Crippen molar-refractivity contribution >= 4 is 17.7 Å². The van der Waals surface area contributed by atoms with E-state index in [2.05, 4.69) is 0 Å². The van der Waals surface area contributed by atoms with Crippen LogP contribution in [0.2, 0.25) is 0 Å². The zero-order valence-corrected chi connectivity index (χ0v) is 10.7. The van der Waals surface area contributed by atoms with Gasteiger partial charge in [0.1, 0.15) is 0 Å². The second-order valence-corrected chi connectivity index (χ2v) is 4.27. The van der Waals surface area contributed by atoms with Gasteiger partial charge in [0.05, 0.1) is 12.1 Å². The number of urea groups is 1. The molecular weight excluding hydrogens is 256 g/mol. The van der Waals surface area contributed by atoms with Crippen LogP contribution in [0.25, 0.3) is 0 Å². The normalized spacial score (nSPS) is 10.0. The van der Waals surface area contributed by atoms with E-state index >= 15 is 0 Å². The zero-order chi connectivity index (χ0) is 14.5. The van der Waals surface area contributed by atoms with Gasteiger partial charge >= 0.3 is 12.0 Å². The highest BCUT2D eigenvalue weighted by molar-refractivity contribution is 5.91. The lowest BCUT2D eigenvalue weighted by Crippen LogP contribution is -2.35. The molecule has 2 rings (SSSR count). The number of anilines is 1. The number of nitrogens with zero attached hydrogens (tertiary/aromatic N) is 1. The molecular formula is C15H14N2O3. The Morgan fingerprint density at radius 3 is 2.35 bits per heavy atom. The van der Waals surface area contributed by atoms with Crippen LogP contribution in [0.1, 0.15) is 15.9 Å². The van der Waals surface area contributed by atoms with Crippen molar-refractivity contribution in [3.63, 3.8) is 0 Å². The van der Waals surface area contributed by atoms with Gasteiger partial charge in [-0.1, -0.05) is 30.3 Å². The highest BCUT2D eigenvalue weighted by Gasteiger charge is 2.13. The summed E-state index contributed by atoms with van der Waals surface area (Å²) in [5, 5.41) is 8.96. The Labute approximate surface area is 116 Å². The number of rotatable bonds is 4. The van der Waals surface area contributed by atoms with Crippen molar-refractivity contribution < 1.29 is 14.7 Å². The third-order valence-corrected chi connectivity index (χ3v) is 2.85. The predicted octanol–water partition coefficient (Wildman–Crippen LogP) is 2.47. The molecule has 0 saturated heterocycles. The maximum absolute atomic E-state index is 11.6. The second-order valence-electron chi connectivity index (χ2n) is 4.27. The van der Waals surface area contributed by atoms with Crippen molar-refractivity contribution in [1.82, 2.24) is 0 Å². The standard InChI is InChI=1S/C15H14N2O3/c16-15(20)17(13-7-2-1-3-8-13)10-11-5-4-6-12(9-11)14(18)19/h1-9H,10H2,(H2,16,20)(H,18,19). The number of amides is 2. The van der Waals surface area contributed by atoms with Gasteiger partial charge in [0, 0.05) is 5.69 Å². The van der Waals surface area contributed by atoms with Gasteiger partial charge < -0.3 is 10.8 Å². The van der Waals surface area contributed by atoms with Gasteiger partial charge in [-0.05, 0) is 29.8 Å². The van der Waals surface area contributed by atoms with Crippen LogP contribution in [0.15, 0.2) is 54.6 Å². The second kappa shape index (κ2) is 5.88. The molecule has 3 N–H and O–H groups in total. The summed E-state index contributed by atoms with van der Waals surface area (Å²) in [6.07, 6.45) is 0. The molecule has 2 amide bonds. The van der Waals surface area contributed by atoms with Gasteiger partial charge in [0.25, 0.3) is 0 Å². The minimum Gasteiger partial charge on any atom is -0.478 e. The van der Waals surface area contributed by atoms with Crippen LogP contribution >= 0.6 is 0 Å². The van der Waals surface area contributed by atoms with Crippen molar-refractivity contribution in [1.29, 1.82) is 0 Å². The molecule has 20 heavy (non-hydrogen) atoms. The Morgan fingerprint density at radius 2 is 1.75 bits per heavy atom. The van der Waals surface area contributed by atoms with E-state index in [9.17, 15) is 9.59 Å².